The van der Waals surface area contributed by atoms with E-state index < -0.39 is 0 Å². The van der Waals surface area contributed by atoms with Crippen molar-refractivity contribution in [2.45, 2.75) is 12.5 Å². The Bertz CT molecular complexity index is 466. The SMILES string of the molecule is COc1c(F)cccc1[C@@H](CC#N)N1CCNCC1. The van der Waals surface area contributed by atoms with Gasteiger partial charge in [-0.1, -0.05) is 12.1 Å². The van der Waals surface area contributed by atoms with Gasteiger partial charge in [-0.15, -0.1) is 0 Å². The predicted molar refractivity (Wildman–Crippen MR) is 70.4 cm³/mol. The summed E-state index contributed by atoms with van der Waals surface area (Å²) in [5.41, 5.74) is 0.756. The summed E-state index contributed by atoms with van der Waals surface area (Å²) in [6.45, 7) is 3.48. The summed E-state index contributed by atoms with van der Waals surface area (Å²) in [6, 6.07) is 6.97. The zero-order chi connectivity index (χ0) is 13.7. The fourth-order valence-corrected chi connectivity index (χ4v) is 2.52. The molecule has 4 nitrogen and oxygen atoms in total. The Morgan fingerprint density at radius 1 is 1.47 bits per heavy atom. The summed E-state index contributed by atoms with van der Waals surface area (Å²) in [7, 11) is 1.46. The number of nitriles is 1. The second-order valence-electron chi connectivity index (χ2n) is 4.53. The molecule has 0 bridgehead atoms. The number of piperazine rings is 1. The summed E-state index contributed by atoms with van der Waals surface area (Å²) in [6.07, 6.45) is 0.333. The average Bonchev–Trinajstić information content (AvgIpc) is 2.45. The van der Waals surface area contributed by atoms with Crippen LogP contribution >= 0.6 is 0 Å². The van der Waals surface area contributed by atoms with Crippen molar-refractivity contribution < 1.29 is 9.13 Å². The molecular formula is C14H18FN3O. The van der Waals surface area contributed by atoms with Gasteiger partial charge in [0.2, 0.25) is 0 Å². The standard InChI is InChI=1S/C14H18FN3O/c1-19-14-11(3-2-4-12(14)15)13(5-6-16)18-9-7-17-8-10-18/h2-4,13,17H,5,7-10H2,1H3/t13-/m1/s1. The Hall–Kier alpha value is -1.64. The van der Waals surface area contributed by atoms with E-state index in [1.807, 2.05) is 6.07 Å². The Morgan fingerprint density at radius 2 is 2.21 bits per heavy atom. The minimum atomic E-state index is -0.377. The molecule has 0 unspecified atom stereocenters. The number of rotatable bonds is 4. The zero-order valence-corrected chi connectivity index (χ0v) is 11.0. The monoisotopic (exact) mass is 263 g/mol. The maximum Gasteiger partial charge on any atom is 0.165 e. The third kappa shape index (κ3) is 3.03. The van der Waals surface area contributed by atoms with Crippen LogP contribution in [-0.4, -0.2) is 38.2 Å². The number of hydrogen-bond acceptors (Lipinski definition) is 4. The number of methoxy groups -OCH3 is 1. The van der Waals surface area contributed by atoms with Crippen molar-refractivity contribution >= 4 is 0 Å². The van der Waals surface area contributed by atoms with E-state index in [1.54, 1.807) is 6.07 Å². The molecule has 0 aliphatic carbocycles. The molecule has 1 aromatic carbocycles. The maximum atomic E-state index is 13.8. The summed E-state index contributed by atoms with van der Waals surface area (Å²) in [5.74, 6) is -0.126. The van der Waals surface area contributed by atoms with E-state index in [1.165, 1.54) is 13.2 Å². The zero-order valence-electron chi connectivity index (χ0n) is 11.0. The predicted octanol–water partition coefficient (Wildman–Crippen LogP) is 1.69. The first-order valence-corrected chi connectivity index (χ1v) is 6.42. The Labute approximate surface area is 112 Å². The van der Waals surface area contributed by atoms with Gasteiger partial charge < -0.3 is 10.1 Å². The van der Waals surface area contributed by atoms with Crippen LogP contribution in [0.3, 0.4) is 0 Å². The highest BCUT2D eigenvalue weighted by Gasteiger charge is 2.25. The molecule has 5 heteroatoms. The Kier molecular flexibility index (Phi) is 4.72. The molecule has 0 amide bonds. The molecule has 1 N–H and O–H groups in total. The number of para-hydroxylation sites is 1. The molecule has 1 aliphatic rings. The molecule has 1 heterocycles. The van der Waals surface area contributed by atoms with Crippen LogP contribution in [0.1, 0.15) is 18.0 Å². The lowest BCUT2D eigenvalue weighted by Gasteiger charge is -2.34. The number of benzene rings is 1. The quantitative estimate of drug-likeness (QED) is 0.898. The minimum Gasteiger partial charge on any atom is -0.493 e. The number of nitrogens with one attached hydrogen (secondary N) is 1. The summed E-state index contributed by atoms with van der Waals surface area (Å²) in [4.78, 5) is 2.21. The molecular weight excluding hydrogens is 245 g/mol. The maximum absolute atomic E-state index is 13.8. The van der Waals surface area contributed by atoms with Crippen LogP contribution in [0.2, 0.25) is 0 Å². The minimum absolute atomic E-state index is 0.113. The first-order chi connectivity index (χ1) is 9.27. The summed E-state index contributed by atoms with van der Waals surface area (Å²) < 4.78 is 18.9. The molecule has 0 saturated carbocycles. The van der Waals surface area contributed by atoms with Gasteiger partial charge in [-0.05, 0) is 6.07 Å². The number of halogens is 1. The van der Waals surface area contributed by atoms with E-state index in [2.05, 4.69) is 16.3 Å². The number of ether oxygens (including phenoxy) is 1. The molecule has 1 atom stereocenters. The van der Waals surface area contributed by atoms with E-state index in [9.17, 15) is 4.39 Å². The van der Waals surface area contributed by atoms with Crippen LogP contribution in [0, 0.1) is 17.1 Å². The van der Waals surface area contributed by atoms with Gasteiger partial charge in [0.15, 0.2) is 11.6 Å². The van der Waals surface area contributed by atoms with Gasteiger partial charge in [-0.25, -0.2) is 4.39 Å². The van der Waals surface area contributed by atoms with Crippen LogP contribution in [0.25, 0.3) is 0 Å². The fraction of sp³-hybridized carbons (Fsp3) is 0.500. The Morgan fingerprint density at radius 3 is 2.84 bits per heavy atom. The van der Waals surface area contributed by atoms with E-state index in [4.69, 9.17) is 10.00 Å². The fourth-order valence-electron chi connectivity index (χ4n) is 2.52. The molecule has 0 aromatic heterocycles. The van der Waals surface area contributed by atoms with Crippen LogP contribution in [0.4, 0.5) is 4.39 Å². The highest BCUT2D eigenvalue weighted by atomic mass is 19.1. The van der Waals surface area contributed by atoms with Gasteiger partial charge in [-0.3, -0.25) is 4.90 Å². The molecule has 2 rings (SSSR count). The van der Waals surface area contributed by atoms with Crippen LogP contribution in [0.15, 0.2) is 18.2 Å². The smallest absolute Gasteiger partial charge is 0.165 e. The molecule has 0 spiro atoms. The second-order valence-corrected chi connectivity index (χ2v) is 4.53. The molecule has 0 radical (unpaired) electrons. The van der Waals surface area contributed by atoms with Crippen LogP contribution in [-0.2, 0) is 0 Å². The molecule has 1 fully saturated rings. The number of hydrogen-bond donors (Lipinski definition) is 1. The first kappa shape index (κ1) is 13.8. The lowest BCUT2D eigenvalue weighted by Crippen LogP contribution is -2.45. The van der Waals surface area contributed by atoms with Crippen molar-refractivity contribution in [2.24, 2.45) is 0 Å². The van der Waals surface area contributed by atoms with Crippen molar-refractivity contribution in [3.8, 4) is 11.8 Å². The van der Waals surface area contributed by atoms with Crippen molar-refractivity contribution in [2.75, 3.05) is 33.3 Å². The van der Waals surface area contributed by atoms with Gasteiger partial charge in [0, 0.05) is 31.7 Å². The van der Waals surface area contributed by atoms with Gasteiger partial charge in [0.1, 0.15) is 0 Å². The third-order valence-corrected chi connectivity index (χ3v) is 3.44. The van der Waals surface area contributed by atoms with E-state index >= 15 is 0 Å². The van der Waals surface area contributed by atoms with E-state index in [-0.39, 0.29) is 17.6 Å². The van der Waals surface area contributed by atoms with Crippen molar-refractivity contribution in [1.82, 2.24) is 10.2 Å². The van der Waals surface area contributed by atoms with Gasteiger partial charge >= 0.3 is 0 Å². The van der Waals surface area contributed by atoms with Gasteiger partial charge in [0.25, 0.3) is 0 Å². The first-order valence-electron chi connectivity index (χ1n) is 6.42. The van der Waals surface area contributed by atoms with Crippen molar-refractivity contribution in [3.05, 3.63) is 29.6 Å². The summed E-state index contributed by atoms with van der Waals surface area (Å²) in [5, 5.41) is 12.3. The lowest BCUT2D eigenvalue weighted by atomic mass is 10.0. The topological polar surface area (TPSA) is 48.3 Å². The van der Waals surface area contributed by atoms with Crippen molar-refractivity contribution in [3.63, 3.8) is 0 Å². The highest BCUT2D eigenvalue weighted by molar-refractivity contribution is 5.38. The molecule has 1 aliphatic heterocycles. The lowest BCUT2D eigenvalue weighted by molar-refractivity contribution is 0.172. The van der Waals surface area contributed by atoms with Gasteiger partial charge in [-0.2, -0.15) is 5.26 Å². The average molecular weight is 263 g/mol. The van der Waals surface area contributed by atoms with Gasteiger partial charge in [0.05, 0.1) is 25.6 Å². The molecule has 1 aromatic rings. The largest absolute Gasteiger partial charge is 0.493 e. The molecule has 1 saturated heterocycles. The normalized spacial score (nSPS) is 17.7. The summed E-state index contributed by atoms with van der Waals surface area (Å²) >= 11 is 0. The molecule has 102 valence electrons. The number of nitrogens with zero attached hydrogens (tertiary/aromatic N) is 2. The van der Waals surface area contributed by atoms with E-state index in [0.717, 1.165) is 31.7 Å². The van der Waals surface area contributed by atoms with Crippen molar-refractivity contribution in [1.29, 1.82) is 5.26 Å². The third-order valence-electron chi connectivity index (χ3n) is 3.44. The van der Waals surface area contributed by atoms with E-state index in [0.29, 0.717) is 6.42 Å². The van der Waals surface area contributed by atoms with Crippen LogP contribution in [0.5, 0.6) is 5.75 Å². The second kappa shape index (κ2) is 6.50. The highest BCUT2D eigenvalue weighted by Crippen LogP contribution is 2.33. The molecule has 19 heavy (non-hydrogen) atoms. The van der Waals surface area contributed by atoms with Crippen LogP contribution < -0.4 is 10.1 Å². The Balaban J connectivity index is 2.33.